The second kappa shape index (κ2) is 7.30. The van der Waals surface area contributed by atoms with Gasteiger partial charge >= 0.3 is 8.56 Å². The summed E-state index contributed by atoms with van der Waals surface area (Å²) in [4.78, 5) is 11.6. The third-order valence-corrected chi connectivity index (χ3v) is 6.67. The van der Waals surface area contributed by atoms with Crippen LogP contribution in [0.4, 0.5) is 0 Å². The minimum absolute atomic E-state index is 0.699. The predicted molar refractivity (Wildman–Crippen MR) is 101 cm³/mol. The van der Waals surface area contributed by atoms with Gasteiger partial charge in [0.1, 0.15) is 5.75 Å². The predicted octanol–water partition coefficient (Wildman–Crippen LogP) is 3.04. The first-order chi connectivity index (χ1) is 11.7. The van der Waals surface area contributed by atoms with E-state index in [4.69, 9.17) is 4.43 Å². The van der Waals surface area contributed by atoms with Crippen molar-refractivity contribution in [2.45, 2.75) is 6.42 Å². The van der Waals surface area contributed by atoms with Gasteiger partial charge < -0.3 is 9.22 Å². The molecule has 3 rings (SSSR count). The maximum Gasteiger partial charge on any atom is 0.466 e. The van der Waals surface area contributed by atoms with Crippen molar-refractivity contribution >= 4 is 18.9 Å². The summed E-state index contributed by atoms with van der Waals surface area (Å²) in [5.74, 6) is 0.708. The highest BCUT2D eigenvalue weighted by Crippen LogP contribution is 2.22. The number of benzene rings is 3. The van der Waals surface area contributed by atoms with Crippen LogP contribution in [-0.2, 0) is 6.42 Å². The molecule has 0 spiro atoms. The molecular formula is C21H20O2Si. The van der Waals surface area contributed by atoms with E-state index in [1.165, 1.54) is 0 Å². The van der Waals surface area contributed by atoms with Crippen molar-refractivity contribution in [3.63, 3.8) is 0 Å². The lowest BCUT2D eigenvalue weighted by Crippen LogP contribution is -2.63. The van der Waals surface area contributed by atoms with Gasteiger partial charge in [0.2, 0.25) is 0 Å². The number of allylic oxidation sites excluding steroid dienone is 1. The van der Waals surface area contributed by atoms with Crippen LogP contribution in [-0.4, -0.2) is 13.4 Å². The Kier molecular flexibility index (Phi) is 4.94. The molecule has 0 radical (unpaired) electrons. The summed E-state index contributed by atoms with van der Waals surface area (Å²) in [6, 6.07) is 27.1. The second-order valence-electron chi connectivity index (χ2n) is 5.58. The van der Waals surface area contributed by atoms with E-state index in [-0.39, 0.29) is 0 Å². The molecule has 3 aromatic rings. The molecule has 3 aromatic carbocycles. The minimum Gasteiger partial charge on any atom is -0.514 e. The van der Waals surface area contributed by atoms with Gasteiger partial charge in [-0.3, -0.25) is 0 Å². The van der Waals surface area contributed by atoms with Crippen LogP contribution < -0.4 is 14.8 Å². The van der Waals surface area contributed by atoms with Gasteiger partial charge in [-0.1, -0.05) is 84.9 Å². The van der Waals surface area contributed by atoms with Crippen molar-refractivity contribution < 1.29 is 9.22 Å². The van der Waals surface area contributed by atoms with Crippen LogP contribution in [0.1, 0.15) is 5.56 Å². The molecule has 0 amide bonds. The molecule has 0 aromatic heterocycles. The summed E-state index contributed by atoms with van der Waals surface area (Å²) < 4.78 is 6.30. The highest BCUT2D eigenvalue weighted by molar-refractivity contribution is 6.92. The fraction of sp³-hybridized carbons (Fsp3) is 0.0476. The van der Waals surface area contributed by atoms with Crippen molar-refractivity contribution in [1.29, 1.82) is 0 Å². The normalized spacial score (nSPS) is 11.0. The lowest BCUT2D eigenvalue weighted by molar-refractivity contribution is 0.407. The first-order valence-corrected chi connectivity index (χ1v) is 9.81. The van der Waals surface area contributed by atoms with E-state index in [0.717, 1.165) is 15.9 Å². The molecule has 3 heteroatoms. The van der Waals surface area contributed by atoms with Crippen LogP contribution in [0, 0.1) is 0 Å². The molecule has 0 atom stereocenters. The Hall–Kier alpha value is -2.62. The van der Waals surface area contributed by atoms with Gasteiger partial charge in [0.25, 0.3) is 0 Å². The molecule has 0 aliphatic carbocycles. The van der Waals surface area contributed by atoms with Gasteiger partial charge in [0.15, 0.2) is 0 Å². The number of rotatable bonds is 6. The first kappa shape index (κ1) is 16.2. The molecule has 0 aliphatic heterocycles. The second-order valence-corrected chi connectivity index (χ2v) is 8.23. The highest BCUT2D eigenvalue weighted by Gasteiger charge is 2.41. The molecule has 2 nitrogen and oxygen atoms in total. The molecule has 0 heterocycles. The molecule has 0 bridgehead atoms. The molecule has 0 unspecified atom stereocenters. The highest BCUT2D eigenvalue weighted by atomic mass is 28.4. The zero-order chi connectivity index (χ0) is 16.8. The summed E-state index contributed by atoms with van der Waals surface area (Å²) in [5, 5.41) is 1.65. The number of hydrogen-bond acceptors (Lipinski definition) is 2. The van der Waals surface area contributed by atoms with E-state index in [1.807, 2.05) is 91.0 Å². The molecule has 24 heavy (non-hydrogen) atoms. The van der Waals surface area contributed by atoms with Gasteiger partial charge in [0.05, 0.1) is 0 Å². The van der Waals surface area contributed by atoms with E-state index in [2.05, 4.69) is 6.58 Å². The molecule has 0 fully saturated rings. The van der Waals surface area contributed by atoms with Crippen LogP contribution in [0.5, 0.6) is 5.75 Å². The van der Waals surface area contributed by atoms with Crippen LogP contribution in [0.25, 0.3) is 0 Å². The Balaban J connectivity index is 2.09. The molecule has 0 aliphatic rings. The van der Waals surface area contributed by atoms with Gasteiger partial charge in [0, 0.05) is 10.4 Å². The quantitative estimate of drug-likeness (QED) is 0.555. The van der Waals surface area contributed by atoms with Crippen molar-refractivity contribution in [2.75, 3.05) is 0 Å². The largest absolute Gasteiger partial charge is 0.514 e. The Bertz CT molecular complexity index is 761. The monoisotopic (exact) mass is 332 g/mol. The van der Waals surface area contributed by atoms with Gasteiger partial charge in [-0.05, 0) is 18.1 Å². The fourth-order valence-corrected chi connectivity index (χ4v) is 5.07. The minimum atomic E-state index is -3.34. The molecule has 0 saturated carbocycles. The van der Waals surface area contributed by atoms with Crippen LogP contribution >= 0.6 is 0 Å². The van der Waals surface area contributed by atoms with Gasteiger partial charge in [-0.25, -0.2) is 0 Å². The Morgan fingerprint density at radius 2 is 1.29 bits per heavy atom. The van der Waals surface area contributed by atoms with Crippen LogP contribution in [0.3, 0.4) is 0 Å². The van der Waals surface area contributed by atoms with E-state index in [9.17, 15) is 4.80 Å². The topological polar surface area (TPSA) is 29.5 Å². The SMILES string of the molecule is C=CCc1ccccc1O[Si](O)(c1ccccc1)c1ccccc1. The summed E-state index contributed by atoms with van der Waals surface area (Å²) in [6.07, 6.45) is 2.54. The number of para-hydroxylation sites is 1. The summed E-state index contributed by atoms with van der Waals surface area (Å²) in [6.45, 7) is 3.80. The number of hydrogen-bond donors (Lipinski definition) is 1. The van der Waals surface area contributed by atoms with E-state index < -0.39 is 8.56 Å². The van der Waals surface area contributed by atoms with Crippen molar-refractivity contribution in [2.24, 2.45) is 0 Å². The first-order valence-electron chi connectivity index (χ1n) is 7.95. The average Bonchev–Trinajstić information content (AvgIpc) is 2.65. The molecular weight excluding hydrogens is 312 g/mol. The third-order valence-electron chi connectivity index (χ3n) is 3.92. The maximum absolute atomic E-state index is 11.6. The summed E-state index contributed by atoms with van der Waals surface area (Å²) in [7, 11) is -3.34. The fourth-order valence-electron chi connectivity index (χ4n) is 2.70. The Morgan fingerprint density at radius 1 is 0.792 bits per heavy atom. The summed E-state index contributed by atoms with van der Waals surface area (Å²) >= 11 is 0. The standard InChI is InChI=1S/C21H20O2Si/c1-2-11-18-12-9-10-17-21(18)23-24(22,19-13-5-3-6-14-19)20-15-7-4-8-16-20/h2-10,12-17,22H,1,11H2. The third kappa shape index (κ3) is 3.32. The zero-order valence-corrected chi connectivity index (χ0v) is 14.4. The van der Waals surface area contributed by atoms with Crippen molar-refractivity contribution in [1.82, 2.24) is 0 Å². The molecule has 1 N–H and O–H groups in total. The Labute approximate surface area is 143 Å². The van der Waals surface area contributed by atoms with Gasteiger partial charge in [-0.15, -0.1) is 6.58 Å². The molecule has 120 valence electrons. The average molecular weight is 332 g/mol. The van der Waals surface area contributed by atoms with Crippen LogP contribution in [0.15, 0.2) is 97.6 Å². The van der Waals surface area contributed by atoms with Crippen molar-refractivity contribution in [3.8, 4) is 5.75 Å². The van der Waals surface area contributed by atoms with Crippen LogP contribution in [0.2, 0.25) is 0 Å². The summed E-state index contributed by atoms with van der Waals surface area (Å²) in [5.41, 5.74) is 1.02. The molecule has 0 saturated heterocycles. The van der Waals surface area contributed by atoms with E-state index in [1.54, 1.807) is 0 Å². The Morgan fingerprint density at radius 3 is 1.83 bits per heavy atom. The van der Waals surface area contributed by atoms with E-state index in [0.29, 0.717) is 12.2 Å². The maximum atomic E-state index is 11.6. The lowest BCUT2D eigenvalue weighted by atomic mass is 10.1. The van der Waals surface area contributed by atoms with Crippen molar-refractivity contribution in [3.05, 3.63) is 103 Å². The zero-order valence-electron chi connectivity index (χ0n) is 13.4. The lowest BCUT2D eigenvalue weighted by Gasteiger charge is -2.27. The van der Waals surface area contributed by atoms with Gasteiger partial charge in [-0.2, -0.15) is 0 Å². The van der Waals surface area contributed by atoms with E-state index >= 15 is 0 Å². The smallest absolute Gasteiger partial charge is 0.466 e.